The SMILES string of the molecule is COc1nc2ccccc2cc1C(c1ccc(-c2cccs2)cc1)C(O)(CCCCN(C)C)c1ccc2ccccc2c1. The lowest BCUT2D eigenvalue weighted by Crippen LogP contribution is -2.35. The number of aromatic nitrogens is 1. The summed E-state index contributed by atoms with van der Waals surface area (Å²) in [6.07, 6.45) is 2.45. The van der Waals surface area contributed by atoms with Crippen LogP contribution in [0.2, 0.25) is 0 Å². The number of methoxy groups -OCH3 is 1. The molecule has 0 amide bonds. The van der Waals surface area contributed by atoms with Crippen molar-refractivity contribution in [3.63, 3.8) is 0 Å². The van der Waals surface area contributed by atoms with Crippen LogP contribution in [-0.4, -0.2) is 42.7 Å². The summed E-state index contributed by atoms with van der Waals surface area (Å²) in [5.74, 6) is 0.121. The van der Waals surface area contributed by atoms with Crippen molar-refractivity contribution < 1.29 is 9.84 Å². The molecule has 2 atom stereocenters. The molecule has 0 spiro atoms. The molecule has 0 saturated heterocycles. The molecule has 0 aliphatic carbocycles. The fraction of sp³-hybridized carbons (Fsp3) is 0.237. The van der Waals surface area contributed by atoms with Crippen molar-refractivity contribution in [2.45, 2.75) is 30.8 Å². The third-order valence-electron chi connectivity index (χ3n) is 8.41. The Morgan fingerprint density at radius 1 is 0.814 bits per heavy atom. The van der Waals surface area contributed by atoms with Gasteiger partial charge in [0.25, 0.3) is 0 Å². The lowest BCUT2D eigenvalue weighted by molar-refractivity contribution is 0.00691. The summed E-state index contributed by atoms with van der Waals surface area (Å²) in [6.45, 7) is 0.967. The Balaban J connectivity index is 1.56. The predicted octanol–water partition coefficient (Wildman–Crippen LogP) is 8.88. The fourth-order valence-electron chi connectivity index (χ4n) is 6.22. The average Bonchev–Trinajstić information content (AvgIpc) is 3.58. The molecule has 6 aromatic rings. The van der Waals surface area contributed by atoms with Crippen molar-refractivity contribution in [3.05, 3.63) is 131 Å². The average molecular weight is 587 g/mol. The summed E-state index contributed by atoms with van der Waals surface area (Å²) >= 11 is 1.73. The van der Waals surface area contributed by atoms with Gasteiger partial charge in [-0.25, -0.2) is 4.98 Å². The summed E-state index contributed by atoms with van der Waals surface area (Å²) in [6, 6.07) is 37.9. The maximum atomic E-state index is 13.2. The van der Waals surface area contributed by atoms with Gasteiger partial charge in [0.1, 0.15) is 5.60 Å². The van der Waals surface area contributed by atoms with Crippen molar-refractivity contribution in [2.75, 3.05) is 27.7 Å². The number of thiophene rings is 1. The van der Waals surface area contributed by atoms with E-state index < -0.39 is 11.5 Å². The number of hydrogen-bond donors (Lipinski definition) is 1. The van der Waals surface area contributed by atoms with Gasteiger partial charge in [0.05, 0.1) is 12.6 Å². The number of pyridine rings is 1. The Morgan fingerprint density at radius 3 is 2.28 bits per heavy atom. The zero-order valence-corrected chi connectivity index (χ0v) is 25.9. The van der Waals surface area contributed by atoms with E-state index in [9.17, 15) is 5.11 Å². The molecule has 5 heteroatoms. The number of nitrogens with zero attached hydrogens (tertiary/aromatic N) is 2. The fourth-order valence-corrected chi connectivity index (χ4v) is 6.95. The number of para-hydroxylation sites is 1. The predicted molar refractivity (Wildman–Crippen MR) is 180 cm³/mol. The monoisotopic (exact) mass is 586 g/mol. The Labute approximate surface area is 258 Å². The zero-order valence-electron chi connectivity index (χ0n) is 25.0. The quantitative estimate of drug-likeness (QED) is 0.154. The Hall–Kier alpha value is -4.03. The van der Waals surface area contributed by atoms with Crippen molar-refractivity contribution in [3.8, 4) is 16.3 Å². The minimum atomic E-state index is -1.22. The van der Waals surface area contributed by atoms with Crippen molar-refractivity contribution in [1.82, 2.24) is 9.88 Å². The van der Waals surface area contributed by atoms with E-state index in [2.05, 4.69) is 115 Å². The minimum Gasteiger partial charge on any atom is -0.481 e. The molecule has 1 N–H and O–H groups in total. The van der Waals surface area contributed by atoms with Gasteiger partial charge in [-0.15, -0.1) is 11.3 Å². The minimum absolute atomic E-state index is 0.419. The van der Waals surface area contributed by atoms with Crippen LogP contribution in [0.1, 0.15) is 41.9 Å². The molecule has 2 unspecified atom stereocenters. The third-order valence-corrected chi connectivity index (χ3v) is 9.33. The molecular formula is C38H38N2O2S. The lowest BCUT2D eigenvalue weighted by atomic mass is 9.70. The van der Waals surface area contributed by atoms with E-state index in [-0.39, 0.29) is 0 Å². The number of rotatable bonds is 11. The molecule has 0 aliphatic heterocycles. The van der Waals surface area contributed by atoms with Crippen LogP contribution in [0.15, 0.2) is 115 Å². The Morgan fingerprint density at radius 2 is 1.56 bits per heavy atom. The molecule has 0 bridgehead atoms. The summed E-state index contributed by atoms with van der Waals surface area (Å²) in [5.41, 5.74) is 3.63. The number of hydrogen-bond acceptors (Lipinski definition) is 5. The molecule has 2 aromatic heterocycles. The van der Waals surface area contributed by atoms with E-state index in [1.807, 2.05) is 18.2 Å². The van der Waals surface area contributed by atoms with E-state index in [1.165, 1.54) is 10.4 Å². The number of fused-ring (bicyclic) bond motifs is 2. The maximum Gasteiger partial charge on any atom is 0.217 e. The summed E-state index contributed by atoms with van der Waals surface area (Å²) in [7, 11) is 5.86. The number of benzene rings is 4. The Kier molecular flexibility index (Phi) is 8.57. The maximum absolute atomic E-state index is 13.2. The van der Waals surface area contributed by atoms with Crippen LogP contribution in [0.5, 0.6) is 5.88 Å². The van der Waals surface area contributed by atoms with Crippen LogP contribution in [0.25, 0.3) is 32.1 Å². The van der Waals surface area contributed by atoms with Crippen LogP contribution in [0.4, 0.5) is 0 Å². The summed E-state index contributed by atoms with van der Waals surface area (Å²) in [5, 5.41) is 18.6. The first-order chi connectivity index (χ1) is 21.0. The van der Waals surface area contributed by atoms with Crippen molar-refractivity contribution >= 4 is 33.0 Å². The van der Waals surface area contributed by atoms with Gasteiger partial charge in [-0.3, -0.25) is 0 Å². The normalized spacial score (nSPS) is 13.8. The first-order valence-electron chi connectivity index (χ1n) is 14.9. The molecule has 218 valence electrons. The number of aliphatic hydroxyl groups is 1. The highest BCUT2D eigenvalue weighted by atomic mass is 32.1. The largest absolute Gasteiger partial charge is 0.481 e. The summed E-state index contributed by atoms with van der Waals surface area (Å²) < 4.78 is 5.97. The second kappa shape index (κ2) is 12.7. The molecular weight excluding hydrogens is 548 g/mol. The van der Waals surface area contributed by atoms with Crippen LogP contribution >= 0.6 is 11.3 Å². The highest BCUT2D eigenvalue weighted by molar-refractivity contribution is 7.13. The van der Waals surface area contributed by atoms with Gasteiger partial charge in [-0.2, -0.15) is 0 Å². The zero-order chi connectivity index (χ0) is 29.8. The Bertz CT molecular complexity index is 1810. The molecule has 2 heterocycles. The molecule has 0 aliphatic rings. The van der Waals surface area contributed by atoms with Crippen LogP contribution in [-0.2, 0) is 5.60 Å². The smallest absolute Gasteiger partial charge is 0.217 e. The van der Waals surface area contributed by atoms with Gasteiger partial charge in [0.15, 0.2) is 0 Å². The molecule has 0 radical (unpaired) electrons. The highest BCUT2D eigenvalue weighted by Gasteiger charge is 2.42. The van der Waals surface area contributed by atoms with Gasteiger partial charge in [0, 0.05) is 21.7 Å². The molecule has 43 heavy (non-hydrogen) atoms. The van der Waals surface area contributed by atoms with Crippen LogP contribution < -0.4 is 4.74 Å². The first kappa shape index (κ1) is 29.1. The van der Waals surface area contributed by atoms with Crippen LogP contribution in [0, 0.1) is 0 Å². The van der Waals surface area contributed by atoms with E-state index in [1.54, 1.807) is 18.4 Å². The number of unbranched alkanes of at least 4 members (excludes halogenated alkanes) is 1. The molecule has 4 aromatic carbocycles. The van der Waals surface area contributed by atoms with Gasteiger partial charge in [0.2, 0.25) is 5.88 Å². The summed E-state index contributed by atoms with van der Waals surface area (Å²) in [4.78, 5) is 8.36. The first-order valence-corrected chi connectivity index (χ1v) is 15.8. The molecule has 4 nitrogen and oxygen atoms in total. The molecule has 0 saturated carbocycles. The van der Waals surface area contributed by atoms with Gasteiger partial charge < -0.3 is 14.7 Å². The van der Waals surface area contributed by atoms with Gasteiger partial charge >= 0.3 is 0 Å². The van der Waals surface area contributed by atoms with Crippen LogP contribution in [0.3, 0.4) is 0 Å². The van der Waals surface area contributed by atoms with E-state index in [0.29, 0.717) is 12.3 Å². The van der Waals surface area contributed by atoms with Gasteiger partial charge in [-0.1, -0.05) is 84.9 Å². The van der Waals surface area contributed by atoms with Crippen molar-refractivity contribution in [2.24, 2.45) is 0 Å². The lowest BCUT2D eigenvalue weighted by Gasteiger charge is -2.38. The van der Waals surface area contributed by atoms with Crippen molar-refractivity contribution in [1.29, 1.82) is 0 Å². The topological polar surface area (TPSA) is 45.6 Å². The van der Waals surface area contributed by atoms with E-state index in [4.69, 9.17) is 9.72 Å². The highest BCUT2D eigenvalue weighted by Crippen LogP contribution is 2.48. The van der Waals surface area contributed by atoms with Gasteiger partial charge in [-0.05, 0) is 97.0 Å². The van der Waals surface area contributed by atoms with E-state index >= 15 is 0 Å². The molecule has 0 fully saturated rings. The second-order valence-electron chi connectivity index (χ2n) is 11.6. The molecule has 6 rings (SSSR count). The standard InChI is InChI=1S/C38H38N2O2S/c1-40(2)23-9-8-22-38(41,32-21-20-27-11-4-5-12-30(27)25-32)36(29-18-16-28(17-19-29)35-15-10-24-43-35)33-26-31-13-6-7-14-34(31)39-37(33)42-3/h4-7,10-21,24-26,36,41H,8-9,22-23H2,1-3H3. The second-order valence-corrected chi connectivity index (χ2v) is 12.5. The van der Waals surface area contributed by atoms with E-state index in [0.717, 1.165) is 57.8 Å². The third kappa shape index (κ3) is 6.07. The number of ether oxygens (including phenoxy) is 1.